The number of carboxylic acids is 1. The number of carboxylic acid groups (broad SMARTS) is 1. The minimum atomic E-state index is -1.17. The Kier molecular flexibility index (Phi) is 5.41. The van der Waals surface area contributed by atoms with E-state index < -0.39 is 18.6 Å². The Labute approximate surface area is 109 Å². The fourth-order valence-electron chi connectivity index (χ4n) is 1.22. The lowest BCUT2D eigenvalue weighted by molar-refractivity contribution is -0.144. The number of halogens is 1. The van der Waals surface area contributed by atoms with Crippen molar-refractivity contribution in [2.45, 2.75) is 13.0 Å². The zero-order valence-corrected chi connectivity index (χ0v) is 10.4. The van der Waals surface area contributed by atoms with Crippen LogP contribution in [0.2, 0.25) is 5.02 Å². The standard InChI is InChI=1S/C11H13ClN2O4/c1-7(8-2-4-9(12)5-3-8)13-11(17)14-18-6-10(15)16/h2-5,7H,6H2,1H3,(H,15,16)(H2,13,14,17). The average Bonchev–Trinajstić information content (AvgIpc) is 2.29. The lowest BCUT2D eigenvalue weighted by atomic mass is 10.1. The van der Waals surface area contributed by atoms with Gasteiger partial charge in [0.2, 0.25) is 0 Å². The number of hydroxylamine groups is 1. The van der Waals surface area contributed by atoms with E-state index >= 15 is 0 Å². The molecule has 2 amide bonds. The summed E-state index contributed by atoms with van der Waals surface area (Å²) in [4.78, 5) is 25.9. The number of benzene rings is 1. The van der Waals surface area contributed by atoms with Crippen molar-refractivity contribution in [3.05, 3.63) is 34.9 Å². The molecule has 0 bridgehead atoms. The SMILES string of the molecule is CC(NC(=O)NOCC(=O)O)c1ccc(Cl)cc1. The van der Waals surface area contributed by atoms with Gasteiger partial charge in [-0.1, -0.05) is 23.7 Å². The molecule has 0 aliphatic carbocycles. The summed E-state index contributed by atoms with van der Waals surface area (Å²) in [6, 6.07) is 6.13. The highest BCUT2D eigenvalue weighted by Crippen LogP contribution is 2.15. The molecule has 1 aromatic carbocycles. The topological polar surface area (TPSA) is 87.7 Å². The third-order valence-corrected chi connectivity index (χ3v) is 2.33. The molecular formula is C11H13ClN2O4. The first-order chi connectivity index (χ1) is 8.49. The Balaban J connectivity index is 2.39. The van der Waals surface area contributed by atoms with Gasteiger partial charge in [0.25, 0.3) is 0 Å². The van der Waals surface area contributed by atoms with E-state index in [1.807, 2.05) is 5.48 Å². The largest absolute Gasteiger partial charge is 0.479 e. The lowest BCUT2D eigenvalue weighted by Crippen LogP contribution is -2.37. The van der Waals surface area contributed by atoms with Gasteiger partial charge in [-0.2, -0.15) is 0 Å². The first-order valence-corrected chi connectivity index (χ1v) is 5.52. The van der Waals surface area contributed by atoms with Crippen LogP contribution >= 0.6 is 11.6 Å². The molecule has 98 valence electrons. The lowest BCUT2D eigenvalue weighted by Gasteiger charge is -2.14. The molecular weight excluding hydrogens is 260 g/mol. The summed E-state index contributed by atoms with van der Waals surface area (Å²) in [5, 5.41) is 11.5. The van der Waals surface area contributed by atoms with Crippen LogP contribution in [0, 0.1) is 0 Å². The van der Waals surface area contributed by atoms with Crippen molar-refractivity contribution in [3.63, 3.8) is 0 Å². The zero-order chi connectivity index (χ0) is 13.5. The zero-order valence-electron chi connectivity index (χ0n) is 9.64. The highest BCUT2D eigenvalue weighted by atomic mass is 35.5. The number of carbonyl (C=O) groups is 2. The molecule has 1 unspecified atom stereocenters. The van der Waals surface area contributed by atoms with Gasteiger partial charge in [-0.25, -0.2) is 15.1 Å². The van der Waals surface area contributed by atoms with Gasteiger partial charge >= 0.3 is 12.0 Å². The maximum absolute atomic E-state index is 11.3. The molecule has 0 radical (unpaired) electrons. The number of carbonyl (C=O) groups excluding carboxylic acids is 1. The van der Waals surface area contributed by atoms with Crippen LogP contribution in [-0.4, -0.2) is 23.7 Å². The van der Waals surface area contributed by atoms with Crippen LogP contribution in [-0.2, 0) is 9.63 Å². The van der Waals surface area contributed by atoms with Gasteiger partial charge < -0.3 is 10.4 Å². The summed E-state index contributed by atoms with van der Waals surface area (Å²) in [6.45, 7) is 1.18. The number of urea groups is 1. The van der Waals surface area contributed by atoms with Crippen molar-refractivity contribution >= 4 is 23.6 Å². The molecule has 0 heterocycles. The van der Waals surface area contributed by atoms with Crippen LogP contribution in [0.1, 0.15) is 18.5 Å². The Morgan fingerprint density at radius 2 is 2.00 bits per heavy atom. The highest BCUT2D eigenvalue weighted by molar-refractivity contribution is 6.30. The molecule has 0 aromatic heterocycles. The summed E-state index contributed by atoms with van der Waals surface area (Å²) >= 11 is 5.74. The molecule has 0 spiro atoms. The molecule has 18 heavy (non-hydrogen) atoms. The summed E-state index contributed by atoms with van der Waals surface area (Å²) < 4.78 is 0. The average molecular weight is 273 g/mol. The number of rotatable bonds is 5. The smallest absolute Gasteiger partial charge is 0.339 e. The molecule has 1 aromatic rings. The third-order valence-electron chi connectivity index (χ3n) is 2.08. The van der Waals surface area contributed by atoms with Crippen LogP contribution < -0.4 is 10.8 Å². The van der Waals surface area contributed by atoms with Crippen LogP contribution in [0.5, 0.6) is 0 Å². The first-order valence-electron chi connectivity index (χ1n) is 5.14. The van der Waals surface area contributed by atoms with Crippen molar-refractivity contribution in [3.8, 4) is 0 Å². The van der Waals surface area contributed by atoms with Gasteiger partial charge in [-0.3, -0.25) is 4.84 Å². The normalized spacial score (nSPS) is 11.7. The molecule has 0 saturated carbocycles. The van der Waals surface area contributed by atoms with E-state index in [0.29, 0.717) is 5.02 Å². The molecule has 7 heteroatoms. The summed E-state index contributed by atoms with van der Waals surface area (Å²) in [6.07, 6.45) is 0. The number of nitrogens with one attached hydrogen (secondary N) is 2. The maximum Gasteiger partial charge on any atom is 0.339 e. The van der Waals surface area contributed by atoms with Crippen LogP contribution in [0.4, 0.5) is 4.79 Å². The Bertz CT molecular complexity index is 422. The van der Waals surface area contributed by atoms with E-state index in [2.05, 4.69) is 10.2 Å². The molecule has 1 atom stereocenters. The third kappa shape index (κ3) is 5.03. The van der Waals surface area contributed by atoms with Crippen molar-refractivity contribution in [2.24, 2.45) is 0 Å². The number of amides is 2. The second-order valence-electron chi connectivity index (χ2n) is 3.53. The summed E-state index contributed by atoms with van der Waals surface area (Å²) in [7, 11) is 0. The summed E-state index contributed by atoms with van der Waals surface area (Å²) in [5.74, 6) is -1.17. The monoisotopic (exact) mass is 272 g/mol. The van der Waals surface area contributed by atoms with Crippen LogP contribution in [0.25, 0.3) is 0 Å². The quantitative estimate of drug-likeness (QED) is 0.712. The molecule has 0 fully saturated rings. The van der Waals surface area contributed by atoms with Gasteiger partial charge in [0.15, 0.2) is 6.61 Å². The van der Waals surface area contributed by atoms with E-state index in [1.165, 1.54) is 0 Å². The van der Waals surface area contributed by atoms with Gasteiger partial charge in [0, 0.05) is 5.02 Å². The Hall–Kier alpha value is -1.79. The van der Waals surface area contributed by atoms with Crippen LogP contribution in [0.15, 0.2) is 24.3 Å². The summed E-state index contributed by atoms with van der Waals surface area (Å²) in [5.41, 5.74) is 2.84. The van der Waals surface area contributed by atoms with Gasteiger partial charge in [0.05, 0.1) is 6.04 Å². The van der Waals surface area contributed by atoms with E-state index in [0.717, 1.165) is 5.56 Å². The van der Waals surface area contributed by atoms with Crippen LogP contribution in [0.3, 0.4) is 0 Å². The highest BCUT2D eigenvalue weighted by Gasteiger charge is 2.09. The van der Waals surface area contributed by atoms with E-state index in [1.54, 1.807) is 31.2 Å². The number of aliphatic carboxylic acids is 1. The molecule has 0 saturated heterocycles. The molecule has 0 aliphatic heterocycles. The molecule has 6 nitrogen and oxygen atoms in total. The van der Waals surface area contributed by atoms with E-state index in [-0.39, 0.29) is 6.04 Å². The minimum Gasteiger partial charge on any atom is -0.479 e. The van der Waals surface area contributed by atoms with Gasteiger partial charge in [0.1, 0.15) is 0 Å². The van der Waals surface area contributed by atoms with E-state index in [9.17, 15) is 9.59 Å². The Morgan fingerprint density at radius 3 is 2.56 bits per heavy atom. The van der Waals surface area contributed by atoms with Crippen molar-refractivity contribution in [2.75, 3.05) is 6.61 Å². The first kappa shape index (κ1) is 14.3. The van der Waals surface area contributed by atoms with Gasteiger partial charge in [-0.15, -0.1) is 0 Å². The number of hydrogen-bond acceptors (Lipinski definition) is 3. The predicted octanol–water partition coefficient (Wildman–Crippen LogP) is 1.72. The molecule has 0 aliphatic rings. The van der Waals surface area contributed by atoms with Crippen molar-refractivity contribution < 1.29 is 19.5 Å². The fourth-order valence-corrected chi connectivity index (χ4v) is 1.35. The second kappa shape index (κ2) is 6.83. The molecule has 3 N–H and O–H groups in total. The van der Waals surface area contributed by atoms with Crippen molar-refractivity contribution in [1.82, 2.24) is 10.8 Å². The minimum absolute atomic E-state index is 0.254. The Morgan fingerprint density at radius 1 is 1.39 bits per heavy atom. The van der Waals surface area contributed by atoms with Gasteiger partial charge in [-0.05, 0) is 24.6 Å². The fraction of sp³-hybridized carbons (Fsp3) is 0.273. The molecule has 1 rings (SSSR count). The maximum atomic E-state index is 11.3. The number of hydrogen-bond donors (Lipinski definition) is 3. The second-order valence-corrected chi connectivity index (χ2v) is 3.97. The van der Waals surface area contributed by atoms with Crippen molar-refractivity contribution in [1.29, 1.82) is 0 Å². The predicted molar refractivity (Wildman–Crippen MR) is 65.1 cm³/mol. The van der Waals surface area contributed by atoms with E-state index in [4.69, 9.17) is 16.7 Å².